The molecule has 1 unspecified atom stereocenters. The zero-order valence-electron chi connectivity index (χ0n) is 21.4. The van der Waals surface area contributed by atoms with Crippen molar-refractivity contribution in [2.24, 2.45) is 0 Å². The highest BCUT2D eigenvalue weighted by molar-refractivity contribution is 6.09. The molecule has 38 heavy (non-hydrogen) atoms. The standard InChI is InChI=1S/C27H26FN7O3/c1-5-18(36)14(2)30-25(37)21-19-22(33-26(38)27(19,3)4)32-23(31-21)20-16-10-8-12-29-24(16)35(34-20)13-15-9-6-7-11-17(15)28/h6-12,14H,5,13H2,1-4H3,(H,30,37)(H,31,32,33,38). The van der Waals surface area contributed by atoms with Crippen LogP contribution in [0.1, 0.15) is 55.7 Å². The van der Waals surface area contributed by atoms with Crippen LogP contribution in [0.3, 0.4) is 0 Å². The Labute approximate surface area is 217 Å². The van der Waals surface area contributed by atoms with Crippen LogP contribution in [0.5, 0.6) is 0 Å². The van der Waals surface area contributed by atoms with Gasteiger partial charge in [0.15, 0.2) is 17.3 Å². The number of carbonyl (C=O) groups excluding carboxylic acids is 3. The molecule has 0 saturated heterocycles. The first kappa shape index (κ1) is 25.1. The quantitative estimate of drug-likeness (QED) is 0.386. The van der Waals surface area contributed by atoms with Crippen molar-refractivity contribution in [3.05, 3.63) is 65.2 Å². The van der Waals surface area contributed by atoms with Gasteiger partial charge in [-0.15, -0.1) is 0 Å². The lowest BCUT2D eigenvalue weighted by Gasteiger charge is -2.19. The normalized spacial score (nSPS) is 14.7. The van der Waals surface area contributed by atoms with Crippen LogP contribution >= 0.6 is 0 Å². The minimum atomic E-state index is -1.08. The fraction of sp³-hybridized carbons (Fsp3) is 0.296. The van der Waals surface area contributed by atoms with E-state index in [9.17, 15) is 18.8 Å². The molecule has 1 atom stereocenters. The zero-order chi connectivity index (χ0) is 27.2. The van der Waals surface area contributed by atoms with E-state index in [4.69, 9.17) is 0 Å². The Bertz CT molecular complexity index is 1610. The third-order valence-electron chi connectivity index (χ3n) is 6.72. The number of amides is 2. The summed E-state index contributed by atoms with van der Waals surface area (Å²) < 4.78 is 15.9. The lowest BCUT2D eigenvalue weighted by atomic mass is 9.85. The summed E-state index contributed by atoms with van der Waals surface area (Å²) in [4.78, 5) is 51.9. The van der Waals surface area contributed by atoms with Crippen LogP contribution in [-0.4, -0.2) is 48.4 Å². The van der Waals surface area contributed by atoms with Crippen LogP contribution in [0.15, 0.2) is 42.6 Å². The second-order valence-corrected chi connectivity index (χ2v) is 9.69. The third kappa shape index (κ3) is 4.19. The maximum atomic E-state index is 14.4. The summed E-state index contributed by atoms with van der Waals surface area (Å²) in [6, 6.07) is 9.16. The van der Waals surface area contributed by atoms with Gasteiger partial charge in [-0.2, -0.15) is 5.10 Å². The summed E-state index contributed by atoms with van der Waals surface area (Å²) in [5.74, 6) is -1.15. The van der Waals surface area contributed by atoms with Crippen molar-refractivity contribution in [2.45, 2.75) is 52.1 Å². The van der Waals surface area contributed by atoms with Gasteiger partial charge in [-0.3, -0.25) is 14.4 Å². The Kier molecular flexibility index (Phi) is 6.22. The van der Waals surface area contributed by atoms with Gasteiger partial charge in [0.2, 0.25) is 5.91 Å². The van der Waals surface area contributed by atoms with Crippen molar-refractivity contribution >= 4 is 34.4 Å². The summed E-state index contributed by atoms with van der Waals surface area (Å²) >= 11 is 0. The predicted molar refractivity (Wildman–Crippen MR) is 138 cm³/mol. The maximum absolute atomic E-state index is 14.4. The molecule has 1 aliphatic heterocycles. The van der Waals surface area contributed by atoms with Gasteiger partial charge in [-0.1, -0.05) is 25.1 Å². The number of carbonyl (C=O) groups is 3. The van der Waals surface area contributed by atoms with Crippen molar-refractivity contribution in [2.75, 3.05) is 5.32 Å². The number of benzene rings is 1. The van der Waals surface area contributed by atoms with Gasteiger partial charge in [0.1, 0.15) is 23.0 Å². The molecule has 11 heteroatoms. The van der Waals surface area contributed by atoms with Crippen LogP contribution in [-0.2, 0) is 21.5 Å². The molecule has 5 rings (SSSR count). The summed E-state index contributed by atoms with van der Waals surface area (Å²) in [5, 5.41) is 10.7. The van der Waals surface area contributed by atoms with E-state index in [-0.39, 0.29) is 47.8 Å². The molecular formula is C27H26FN7O3. The van der Waals surface area contributed by atoms with Crippen molar-refractivity contribution in [3.63, 3.8) is 0 Å². The summed E-state index contributed by atoms with van der Waals surface area (Å²) in [7, 11) is 0. The largest absolute Gasteiger partial charge is 0.341 e. The number of halogens is 1. The van der Waals surface area contributed by atoms with Crippen LogP contribution in [0, 0.1) is 5.82 Å². The van der Waals surface area contributed by atoms with Gasteiger partial charge >= 0.3 is 0 Å². The highest BCUT2D eigenvalue weighted by Crippen LogP contribution is 2.39. The van der Waals surface area contributed by atoms with Crippen molar-refractivity contribution in [1.82, 2.24) is 30.0 Å². The number of ketones is 1. The van der Waals surface area contributed by atoms with Crippen LogP contribution in [0.2, 0.25) is 0 Å². The van der Waals surface area contributed by atoms with Crippen LogP contribution in [0.4, 0.5) is 10.2 Å². The van der Waals surface area contributed by atoms with Crippen LogP contribution < -0.4 is 10.6 Å². The summed E-state index contributed by atoms with van der Waals surface area (Å²) in [5.41, 5.74) is 0.461. The van der Waals surface area contributed by atoms with E-state index in [1.54, 1.807) is 68.9 Å². The van der Waals surface area contributed by atoms with Gasteiger partial charge in [-0.25, -0.2) is 24.0 Å². The Morgan fingerprint density at radius 3 is 2.66 bits per heavy atom. The van der Waals surface area contributed by atoms with E-state index in [2.05, 4.69) is 30.7 Å². The molecule has 10 nitrogen and oxygen atoms in total. The lowest BCUT2D eigenvalue weighted by molar-refractivity contribution is -0.120. The molecule has 2 N–H and O–H groups in total. The van der Waals surface area contributed by atoms with E-state index in [1.807, 2.05) is 0 Å². The molecule has 3 aromatic heterocycles. The smallest absolute Gasteiger partial charge is 0.271 e. The average molecular weight is 516 g/mol. The molecule has 4 aromatic rings. The molecule has 4 heterocycles. The number of rotatable bonds is 7. The van der Waals surface area contributed by atoms with Gasteiger partial charge in [0.25, 0.3) is 5.91 Å². The molecule has 0 aliphatic carbocycles. The second kappa shape index (κ2) is 9.40. The molecule has 0 radical (unpaired) electrons. The first-order chi connectivity index (χ1) is 18.1. The average Bonchev–Trinajstić information content (AvgIpc) is 3.37. The highest BCUT2D eigenvalue weighted by Gasteiger charge is 2.44. The maximum Gasteiger partial charge on any atom is 0.271 e. The van der Waals surface area contributed by atoms with E-state index in [0.29, 0.717) is 27.9 Å². The number of Topliss-reactive ketones (excluding diaryl/α,β-unsaturated/α-hetero) is 1. The van der Waals surface area contributed by atoms with E-state index >= 15 is 0 Å². The third-order valence-corrected chi connectivity index (χ3v) is 6.72. The monoisotopic (exact) mass is 515 g/mol. The Morgan fingerprint density at radius 1 is 1.16 bits per heavy atom. The number of nitrogens with zero attached hydrogens (tertiary/aromatic N) is 5. The number of aromatic nitrogens is 5. The molecule has 2 amide bonds. The minimum absolute atomic E-state index is 0.0233. The van der Waals surface area contributed by atoms with E-state index in [0.717, 1.165) is 0 Å². The van der Waals surface area contributed by atoms with Crippen molar-refractivity contribution in [3.8, 4) is 11.5 Å². The fourth-order valence-corrected chi connectivity index (χ4v) is 4.52. The first-order valence-corrected chi connectivity index (χ1v) is 12.2. The van der Waals surface area contributed by atoms with Gasteiger partial charge < -0.3 is 10.6 Å². The SMILES string of the molecule is CCC(=O)C(C)NC(=O)c1nc(-c2nn(Cc3ccccc3F)c3ncccc23)nc2c1C(C)(C)C(=O)N2. The lowest BCUT2D eigenvalue weighted by Crippen LogP contribution is -2.40. The molecule has 194 valence electrons. The zero-order valence-corrected chi connectivity index (χ0v) is 21.4. The Balaban J connectivity index is 1.66. The highest BCUT2D eigenvalue weighted by atomic mass is 19.1. The minimum Gasteiger partial charge on any atom is -0.341 e. The molecule has 1 aromatic carbocycles. The number of nitrogens with one attached hydrogen (secondary N) is 2. The van der Waals surface area contributed by atoms with E-state index < -0.39 is 17.4 Å². The van der Waals surface area contributed by atoms with Crippen molar-refractivity contribution in [1.29, 1.82) is 0 Å². The van der Waals surface area contributed by atoms with Crippen LogP contribution in [0.25, 0.3) is 22.6 Å². The summed E-state index contributed by atoms with van der Waals surface area (Å²) in [6.07, 6.45) is 1.86. The topological polar surface area (TPSA) is 132 Å². The molecular weight excluding hydrogens is 489 g/mol. The first-order valence-electron chi connectivity index (χ1n) is 12.2. The predicted octanol–water partition coefficient (Wildman–Crippen LogP) is 3.40. The number of hydrogen-bond donors (Lipinski definition) is 2. The van der Waals surface area contributed by atoms with Gasteiger partial charge in [0.05, 0.1) is 23.4 Å². The van der Waals surface area contributed by atoms with Crippen molar-refractivity contribution < 1.29 is 18.8 Å². The van der Waals surface area contributed by atoms with Gasteiger partial charge in [0, 0.05) is 23.7 Å². The van der Waals surface area contributed by atoms with Gasteiger partial charge in [-0.05, 0) is 39.0 Å². The molecule has 0 fully saturated rings. The molecule has 1 aliphatic rings. The number of fused-ring (bicyclic) bond motifs is 2. The Morgan fingerprint density at radius 2 is 1.92 bits per heavy atom. The number of pyridine rings is 1. The number of hydrogen-bond acceptors (Lipinski definition) is 7. The molecule has 0 bridgehead atoms. The summed E-state index contributed by atoms with van der Waals surface area (Å²) in [6.45, 7) is 6.78. The molecule has 0 spiro atoms. The second-order valence-electron chi connectivity index (χ2n) is 9.69. The number of anilines is 1. The molecule has 0 saturated carbocycles. The fourth-order valence-electron chi connectivity index (χ4n) is 4.52. The Hall–Kier alpha value is -4.54. The van der Waals surface area contributed by atoms with E-state index in [1.165, 1.54) is 6.07 Å².